The second-order valence-electron chi connectivity index (χ2n) is 8.41. The van der Waals surface area contributed by atoms with Crippen LogP contribution in [0.1, 0.15) is 78.5 Å². The molecule has 3 rings (SSSR count). The van der Waals surface area contributed by atoms with Gasteiger partial charge in [0.2, 0.25) is 0 Å². The Kier molecular flexibility index (Phi) is 9.44. The molecule has 33 heavy (non-hydrogen) atoms. The highest BCUT2D eigenvalue weighted by Gasteiger charge is 2.16. The van der Waals surface area contributed by atoms with Crippen LogP contribution in [0.5, 0.6) is 0 Å². The molecule has 1 amide bonds. The predicted octanol–water partition coefficient (Wildman–Crippen LogP) is 3.41. The number of amides is 1. The Balaban J connectivity index is 1.55. The summed E-state index contributed by atoms with van der Waals surface area (Å²) < 4.78 is 0. The number of carboxylic acid groups (broad SMARTS) is 1. The normalized spacial score (nSPS) is 12.5. The standard InChI is InChI=1S/C24H34N6O3/c25-30-21-12-11-18(15-27-21)24(33)28-16-19-14-17-8-7-13-26-23(17)29-20(19)9-5-3-1-2-4-6-10-22(31)32/h11-12,14-15H,1-10,13,16,25H2,(H,26,29)(H,27,30)(H,28,33)(H,31,32). The molecule has 3 heterocycles. The Morgan fingerprint density at radius 1 is 1.12 bits per heavy atom. The van der Waals surface area contributed by atoms with Crippen molar-refractivity contribution < 1.29 is 14.7 Å². The van der Waals surface area contributed by atoms with Gasteiger partial charge in [0.15, 0.2) is 0 Å². The highest BCUT2D eigenvalue weighted by Crippen LogP contribution is 2.24. The number of hydrazine groups is 1. The molecule has 9 nitrogen and oxygen atoms in total. The van der Waals surface area contributed by atoms with Crippen molar-refractivity contribution in [3.8, 4) is 0 Å². The molecule has 0 saturated carbocycles. The van der Waals surface area contributed by atoms with E-state index >= 15 is 0 Å². The van der Waals surface area contributed by atoms with Crippen LogP contribution in [0.2, 0.25) is 0 Å². The molecule has 0 aliphatic carbocycles. The maximum absolute atomic E-state index is 12.6. The number of rotatable bonds is 13. The van der Waals surface area contributed by atoms with Crippen LogP contribution < -0.4 is 21.9 Å². The largest absolute Gasteiger partial charge is 0.481 e. The van der Waals surface area contributed by atoms with Crippen LogP contribution in [-0.4, -0.2) is 33.5 Å². The van der Waals surface area contributed by atoms with Gasteiger partial charge in [0, 0.05) is 31.4 Å². The highest BCUT2D eigenvalue weighted by molar-refractivity contribution is 5.94. The molecule has 9 heteroatoms. The number of aromatic nitrogens is 2. The smallest absolute Gasteiger partial charge is 0.303 e. The SMILES string of the molecule is NNc1ccc(C(=O)NCc2cc3c(nc2CCCCCCCCC(=O)O)NCCC3)cn1. The van der Waals surface area contributed by atoms with E-state index in [0.717, 1.165) is 81.4 Å². The van der Waals surface area contributed by atoms with E-state index in [1.165, 1.54) is 11.8 Å². The summed E-state index contributed by atoms with van der Waals surface area (Å²) in [5.74, 6) is 5.89. The fourth-order valence-corrected chi connectivity index (χ4v) is 4.01. The van der Waals surface area contributed by atoms with Crippen LogP contribution in [0, 0.1) is 0 Å². The van der Waals surface area contributed by atoms with E-state index in [9.17, 15) is 9.59 Å². The Morgan fingerprint density at radius 3 is 2.64 bits per heavy atom. The molecule has 2 aromatic rings. The molecular formula is C24H34N6O3. The lowest BCUT2D eigenvalue weighted by atomic mass is 10.00. The Labute approximate surface area is 194 Å². The number of carbonyl (C=O) groups is 2. The van der Waals surface area contributed by atoms with E-state index in [1.54, 1.807) is 12.1 Å². The van der Waals surface area contributed by atoms with Gasteiger partial charge in [-0.15, -0.1) is 0 Å². The Hall–Kier alpha value is -3.20. The molecule has 6 N–H and O–H groups in total. The van der Waals surface area contributed by atoms with Crippen molar-refractivity contribution in [1.82, 2.24) is 15.3 Å². The summed E-state index contributed by atoms with van der Waals surface area (Å²) in [6.07, 6.45) is 10.6. The van der Waals surface area contributed by atoms with Gasteiger partial charge in [0.1, 0.15) is 11.6 Å². The van der Waals surface area contributed by atoms with E-state index in [4.69, 9.17) is 15.9 Å². The van der Waals surface area contributed by atoms with Gasteiger partial charge in [-0.25, -0.2) is 15.8 Å². The molecule has 0 saturated heterocycles. The number of carbonyl (C=O) groups excluding carboxylic acids is 1. The first-order chi connectivity index (χ1) is 16.1. The van der Waals surface area contributed by atoms with E-state index < -0.39 is 5.97 Å². The number of nitrogens with two attached hydrogens (primary N) is 1. The number of fused-ring (bicyclic) bond motifs is 1. The molecule has 0 unspecified atom stereocenters. The molecule has 0 spiro atoms. The summed E-state index contributed by atoms with van der Waals surface area (Å²) in [5, 5.41) is 15.1. The second-order valence-corrected chi connectivity index (χ2v) is 8.41. The van der Waals surface area contributed by atoms with Crippen LogP contribution in [0.15, 0.2) is 24.4 Å². The number of nitrogens with zero attached hydrogens (tertiary/aromatic N) is 2. The quantitative estimate of drug-likeness (QED) is 0.176. The van der Waals surface area contributed by atoms with E-state index in [1.807, 2.05) is 0 Å². The summed E-state index contributed by atoms with van der Waals surface area (Å²) in [6.45, 7) is 1.35. The zero-order valence-corrected chi connectivity index (χ0v) is 19.0. The number of hydrogen-bond donors (Lipinski definition) is 5. The zero-order valence-electron chi connectivity index (χ0n) is 19.0. The maximum atomic E-state index is 12.6. The van der Waals surface area contributed by atoms with E-state index in [2.05, 4.69) is 27.1 Å². The highest BCUT2D eigenvalue weighted by atomic mass is 16.4. The molecule has 1 aliphatic heterocycles. The maximum Gasteiger partial charge on any atom is 0.303 e. The van der Waals surface area contributed by atoms with Crippen molar-refractivity contribution >= 4 is 23.5 Å². The van der Waals surface area contributed by atoms with Crippen LogP contribution in [0.4, 0.5) is 11.6 Å². The molecule has 0 radical (unpaired) electrons. The predicted molar refractivity (Wildman–Crippen MR) is 128 cm³/mol. The van der Waals surface area contributed by atoms with Gasteiger partial charge in [-0.2, -0.15) is 0 Å². The first-order valence-corrected chi connectivity index (χ1v) is 11.7. The van der Waals surface area contributed by atoms with Gasteiger partial charge in [0.05, 0.1) is 5.56 Å². The van der Waals surface area contributed by atoms with Crippen LogP contribution in [0.3, 0.4) is 0 Å². The minimum Gasteiger partial charge on any atom is -0.481 e. The van der Waals surface area contributed by atoms with Gasteiger partial charge in [-0.05, 0) is 61.4 Å². The van der Waals surface area contributed by atoms with Crippen molar-refractivity contribution in [3.05, 3.63) is 46.8 Å². The van der Waals surface area contributed by atoms with Gasteiger partial charge in [-0.1, -0.05) is 25.7 Å². The number of unbranched alkanes of at least 4 members (excludes halogenated alkanes) is 5. The molecular weight excluding hydrogens is 420 g/mol. The average Bonchev–Trinajstić information content (AvgIpc) is 2.83. The lowest BCUT2D eigenvalue weighted by Crippen LogP contribution is -2.25. The lowest BCUT2D eigenvalue weighted by molar-refractivity contribution is -0.137. The monoisotopic (exact) mass is 454 g/mol. The van der Waals surface area contributed by atoms with Crippen molar-refractivity contribution in [2.24, 2.45) is 5.84 Å². The van der Waals surface area contributed by atoms with Crippen molar-refractivity contribution in [2.45, 2.75) is 70.8 Å². The van der Waals surface area contributed by atoms with Crippen molar-refractivity contribution in [3.63, 3.8) is 0 Å². The summed E-state index contributed by atoms with van der Waals surface area (Å²) in [5.41, 5.74) is 6.21. The van der Waals surface area contributed by atoms with E-state index in [0.29, 0.717) is 17.9 Å². The minimum atomic E-state index is -0.720. The third-order valence-electron chi connectivity index (χ3n) is 5.85. The zero-order chi connectivity index (χ0) is 23.5. The molecule has 1 aliphatic rings. The number of aliphatic carboxylic acids is 1. The number of carboxylic acids is 1. The summed E-state index contributed by atoms with van der Waals surface area (Å²) >= 11 is 0. The van der Waals surface area contributed by atoms with Crippen LogP contribution in [0.25, 0.3) is 0 Å². The topological polar surface area (TPSA) is 142 Å². The van der Waals surface area contributed by atoms with Gasteiger partial charge < -0.3 is 21.2 Å². The first kappa shape index (κ1) is 24.4. The van der Waals surface area contributed by atoms with Gasteiger partial charge >= 0.3 is 5.97 Å². The molecule has 2 aromatic heterocycles. The number of anilines is 2. The van der Waals surface area contributed by atoms with Crippen LogP contribution in [-0.2, 0) is 24.2 Å². The number of aryl methyl sites for hydroxylation is 2. The average molecular weight is 455 g/mol. The first-order valence-electron chi connectivity index (χ1n) is 11.7. The molecule has 0 bridgehead atoms. The van der Waals surface area contributed by atoms with Crippen molar-refractivity contribution in [2.75, 3.05) is 17.3 Å². The van der Waals surface area contributed by atoms with Crippen molar-refractivity contribution in [1.29, 1.82) is 0 Å². The fourth-order valence-electron chi connectivity index (χ4n) is 4.01. The number of pyridine rings is 2. The number of nitrogen functional groups attached to an aromatic ring is 1. The molecule has 0 aromatic carbocycles. The Morgan fingerprint density at radius 2 is 1.91 bits per heavy atom. The number of hydrogen-bond acceptors (Lipinski definition) is 7. The second kappa shape index (κ2) is 12.7. The van der Waals surface area contributed by atoms with Crippen LogP contribution >= 0.6 is 0 Å². The van der Waals surface area contributed by atoms with Gasteiger partial charge in [-0.3, -0.25) is 9.59 Å². The molecule has 0 atom stereocenters. The lowest BCUT2D eigenvalue weighted by Gasteiger charge is -2.20. The molecule has 0 fully saturated rings. The number of nitrogens with one attached hydrogen (secondary N) is 3. The van der Waals surface area contributed by atoms with Gasteiger partial charge in [0.25, 0.3) is 5.91 Å². The third-order valence-corrected chi connectivity index (χ3v) is 5.85. The third kappa shape index (κ3) is 7.71. The van der Waals surface area contributed by atoms with E-state index in [-0.39, 0.29) is 12.3 Å². The summed E-state index contributed by atoms with van der Waals surface area (Å²) in [4.78, 5) is 32.1. The Bertz CT molecular complexity index is 933. The summed E-state index contributed by atoms with van der Waals surface area (Å²) in [6, 6.07) is 5.52. The minimum absolute atomic E-state index is 0.186. The summed E-state index contributed by atoms with van der Waals surface area (Å²) in [7, 11) is 0. The fraction of sp³-hybridized carbons (Fsp3) is 0.500. The molecule has 178 valence electrons.